The van der Waals surface area contributed by atoms with Crippen LogP contribution in [-0.2, 0) is 27.6 Å². The number of nitrogens with one attached hydrogen (secondary N) is 1. The summed E-state index contributed by atoms with van der Waals surface area (Å²) in [6.07, 6.45) is 10.7. The number of ether oxygens (including phenoxy) is 2. The number of carbonyl (C=O) groups is 1. The zero-order valence-corrected chi connectivity index (χ0v) is 32.2. The van der Waals surface area contributed by atoms with Gasteiger partial charge in [0.15, 0.2) is 0 Å². The number of benzene rings is 2. The van der Waals surface area contributed by atoms with Crippen molar-refractivity contribution in [1.29, 1.82) is 0 Å². The van der Waals surface area contributed by atoms with Gasteiger partial charge in [-0.3, -0.25) is 14.4 Å². The number of hydrogen-bond donors (Lipinski definition) is 1. The van der Waals surface area contributed by atoms with E-state index in [9.17, 15) is 9.00 Å². The molecule has 2 aromatic rings. The number of halogens is 1. The lowest BCUT2D eigenvalue weighted by Gasteiger charge is -2.57. The molecule has 0 radical (unpaired) electrons. The van der Waals surface area contributed by atoms with Crippen molar-refractivity contribution < 1.29 is 18.5 Å². The Hall–Kier alpha value is -2.43. The van der Waals surface area contributed by atoms with Crippen LogP contribution in [-0.4, -0.2) is 96.8 Å². The molecule has 2 bridgehead atoms. The Morgan fingerprint density at radius 1 is 1.12 bits per heavy atom. The van der Waals surface area contributed by atoms with Gasteiger partial charge in [0.05, 0.1) is 17.5 Å². The topological polar surface area (TPSA) is 74.4 Å². The third-order valence-corrected chi connectivity index (χ3v) is 14.9. The molecular formula is C40H55ClN4O4S. The molecule has 1 saturated carbocycles. The molecule has 1 N–H and O–H groups in total. The summed E-state index contributed by atoms with van der Waals surface area (Å²) in [7, 11) is 4.70. The molecule has 8 nitrogen and oxygen atoms in total. The molecule has 1 spiro atoms. The number of aryl methyl sites for hydroxylation is 1. The van der Waals surface area contributed by atoms with Crippen LogP contribution in [0.3, 0.4) is 0 Å². The number of anilines is 1. The summed E-state index contributed by atoms with van der Waals surface area (Å²) < 4.78 is 29.7. The Morgan fingerprint density at radius 2 is 1.92 bits per heavy atom. The highest BCUT2D eigenvalue weighted by molar-refractivity contribution is 7.84. The average Bonchev–Trinajstić information content (AvgIpc) is 3.21. The van der Waals surface area contributed by atoms with Gasteiger partial charge in [-0.2, -0.15) is 0 Å². The fraction of sp³-hybridized carbons (Fsp3) is 0.625. The molecule has 1 amide bonds. The van der Waals surface area contributed by atoms with Crippen LogP contribution in [0.25, 0.3) is 0 Å². The summed E-state index contributed by atoms with van der Waals surface area (Å²) in [5.41, 5.74) is 3.58. The lowest BCUT2D eigenvalue weighted by Crippen LogP contribution is -2.70. The Kier molecular flexibility index (Phi) is 9.96. The van der Waals surface area contributed by atoms with Crippen LogP contribution in [0, 0.1) is 17.8 Å². The number of carbonyl (C=O) groups excluding carboxylic acids is 1. The van der Waals surface area contributed by atoms with E-state index < -0.39 is 16.6 Å². The smallest absolute Gasteiger partial charge is 0.263 e. The molecule has 3 aliphatic heterocycles. The van der Waals surface area contributed by atoms with E-state index in [-0.39, 0.29) is 28.0 Å². The van der Waals surface area contributed by atoms with Crippen molar-refractivity contribution in [3.63, 3.8) is 0 Å². The summed E-state index contributed by atoms with van der Waals surface area (Å²) in [5, 5.41) is 0.552. The molecule has 50 heavy (non-hydrogen) atoms. The van der Waals surface area contributed by atoms with Crippen molar-refractivity contribution in [2.75, 3.05) is 65.4 Å². The van der Waals surface area contributed by atoms with Gasteiger partial charge in [-0.05, 0) is 126 Å². The molecule has 2 aliphatic carbocycles. The number of likely N-dealkylation sites (N-methyl/N-ethyl adjacent to an activating group) is 1. The van der Waals surface area contributed by atoms with Gasteiger partial charge in [-0.1, -0.05) is 36.7 Å². The monoisotopic (exact) mass is 722 g/mol. The first-order valence-electron chi connectivity index (χ1n) is 18.5. The number of fused-ring (bicyclic) bond motifs is 4. The van der Waals surface area contributed by atoms with Gasteiger partial charge >= 0.3 is 0 Å². The van der Waals surface area contributed by atoms with E-state index in [4.69, 9.17) is 21.1 Å². The SMILES string of the molecule is CO[C@]1(CN2CC(C)(N(C)C)C2)/C=C/CC(C)C(C)S(=O)NC(=O)c2ccc3c(c2)N(CC2CCC21)C[C@@]1(CCCc2cc(Cl)ccc21)CO3. The number of hydrogen-bond acceptors (Lipinski definition) is 7. The fourth-order valence-corrected chi connectivity index (χ4v) is 10.6. The highest BCUT2D eigenvalue weighted by Gasteiger charge is 2.52. The predicted octanol–water partition coefficient (Wildman–Crippen LogP) is 6.24. The van der Waals surface area contributed by atoms with Crippen molar-refractivity contribution in [3.8, 4) is 5.75 Å². The van der Waals surface area contributed by atoms with Crippen molar-refractivity contribution in [1.82, 2.24) is 14.5 Å². The van der Waals surface area contributed by atoms with Crippen LogP contribution in [0.5, 0.6) is 5.75 Å². The maximum absolute atomic E-state index is 13.6. The lowest BCUT2D eigenvalue weighted by atomic mass is 9.63. The summed E-state index contributed by atoms with van der Waals surface area (Å²) in [6.45, 7) is 11.5. The van der Waals surface area contributed by atoms with Crippen LogP contribution in [0.4, 0.5) is 5.69 Å². The van der Waals surface area contributed by atoms with E-state index in [0.29, 0.717) is 24.0 Å². The van der Waals surface area contributed by atoms with Crippen molar-refractivity contribution >= 4 is 34.2 Å². The molecule has 7 rings (SSSR count). The van der Waals surface area contributed by atoms with E-state index in [0.717, 1.165) is 87.7 Å². The first-order chi connectivity index (χ1) is 23.8. The molecule has 7 atom stereocenters. The summed E-state index contributed by atoms with van der Waals surface area (Å²) >= 11 is 6.50. The second kappa shape index (κ2) is 13.8. The van der Waals surface area contributed by atoms with E-state index in [1.807, 2.05) is 38.3 Å². The van der Waals surface area contributed by atoms with Crippen LogP contribution in [0.2, 0.25) is 5.02 Å². The number of likely N-dealkylation sites (tertiary alicyclic amines) is 1. The summed E-state index contributed by atoms with van der Waals surface area (Å²) in [4.78, 5) is 21.0. The number of allylic oxidation sites excluding steroid dienone is 1. The highest BCUT2D eigenvalue weighted by atomic mass is 35.5. The fourth-order valence-electron chi connectivity index (χ4n) is 9.34. The van der Waals surface area contributed by atoms with Gasteiger partial charge in [0.25, 0.3) is 5.91 Å². The zero-order valence-electron chi connectivity index (χ0n) is 30.7. The number of rotatable bonds is 4. The van der Waals surface area contributed by atoms with Crippen LogP contribution >= 0.6 is 11.6 Å². The summed E-state index contributed by atoms with van der Waals surface area (Å²) in [6, 6.07) is 12.1. The van der Waals surface area contributed by atoms with Gasteiger partial charge < -0.3 is 19.3 Å². The van der Waals surface area contributed by atoms with Crippen LogP contribution in [0.15, 0.2) is 48.6 Å². The third kappa shape index (κ3) is 6.55. The predicted molar refractivity (Wildman–Crippen MR) is 203 cm³/mol. The first-order valence-corrected chi connectivity index (χ1v) is 20.1. The van der Waals surface area contributed by atoms with Crippen molar-refractivity contribution in [2.45, 2.75) is 81.1 Å². The molecule has 5 aliphatic rings. The molecule has 2 fully saturated rings. The van der Waals surface area contributed by atoms with E-state index >= 15 is 0 Å². The summed E-state index contributed by atoms with van der Waals surface area (Å²) in [5.74, 6) is 1.31. The standard InChI is InChI=1S/C40H55ClN4O4S/c1-27-9-7-18-40(48-6,25-44-22-38(3,23-44)43(4)5)34-14-11-31(34)21-45-24-39(17-8-10-29-19-32(41)13-15-33(29)39)26-49-36-16-12-30(20-35(36)45)37(46)42-50(47)28(27)2/h7,12-13,15-16,18-20,27-28,31,34H,8-11,14,17,21-26H2,1-6H3,(H,42,46)/b18-7+/t27?,28?,31?,34?,39-,40-,50?/m0/s1. The molecule has 272 valence electrons. The molecule has 3 heterocycles. The average molecular weight is 723 g/mol. The van der Waals surface area contributed by atoms with Crippen LogP contribution in [0.1, 0.15) is 74.4 Å². The zero-order chi connectivity index (χ0) is 35.4. The minimum absolute atomic E-state index is 0.105. The number of nitrogens with zero attached hydrogens (tertiary/aromatic N) is 3. The van der Waals surface area contributed by atoms with Crippen LogP contribution < -0.4 is 14.4 Å². The van der Waals surface area contributed by atoms with E-state index in [1.165, 1.54) is 11.1 Å². The molecule has 0 aromatic heterocycles. The number of methoxy groups -OCH3 is 1. The molecule has 1 saturated heterocycles. The molecular weight excluding hydrogens is 668 g/mol. The molecule has 5 unspecified atom stereocenters. The van der Waals surface area contributed by atoms with Gasteiger partial charge in [0, 0.05) is 61.4 Å². The second-order valence-electron chi connectivity index (χ2n) is 16.5. The van der Waals surface area contributed by atoms with Crippen molar-refractivity contribution in [2.24, 2.45) is 17.8 Å². The van der Waals surface area contributed by atoms with Crippen molar-refractivity contribution in [3.05, 3.63) is 70.3 Å². The Morgan fingerprint density at radius 3 is 2.64 bits per heavy atom. The Labute approximate surface area is 306 Å². The second-order valence-corrected chi connectivity index (χ2v) is 18.5. The minimum atomic E-state index is -1.54. The van der Waals surface area contributed by atoms with Gasteiger partial charge in [0.2, 0.25) is 0 Å². The largest absolute Gasteiger partial charge is 0.490 e. The molecule has 10 heteroatoms. The van der Waals surface area contributed by atoms with E-state index in [2.05, 4.69) is 71.6 Å². The lowest BCUT2D eigenvalue weighted by molar-refractivity contribution is -0.120. The molecule has 2 aromatic carbocycles. The number of amides is 1. The third-order valence-electron chi connectivity index (χ3n) is 13.1. The van der Waals surface area contributed by atoms with E-state index in [1.54, 1.807) is 0 Å². The Bertz CT molecular complexity index is 1660. The maximum atomic E-state index is 13.6. The normalized spacial score (nSPS) is 34.8. The minimum Gasteiger partial charge on any atom is -0.490 e. The van der Waals surface area contributed by atoms with Gasteiger partial charge in [0.1, 0.15) is 22.3 Å². The Balaban J connectivity index is 1.28. The maximum Gasteiger partial charge on any atom is 0.263 e. The first kappa shape index (κ1) is 36.0. The van der Waals surface area contributed by atoms with Gasteiger partial charge in [-0.15, -0.1) is 0 Å². The highest BCUT2D eigenvalue weighted by Crippen LogP contribution is 2.49. The quantitative estimate of drug-likeness (QED) is 0.375. The van der Waals surface area contributed by atoms with Gasteiger partial charge in [-0.25, -0.2) is 4.21 Å².